The van der Waals surface area contributed by atoms with Gasteiger partial charge in [-0.2, -0.15) is 0 Å². The van der Waals surface area contributed by atoms with Crippen molar-refractivity contribution in [1.29, 1.82) is 0 Å². The molecule has 0 aromatic carbocycles. The van der Waals surface area contributed by atoms with Crippen LogP contribution in [0.4, 0.5) is 5.69 Å². The molecule has 0 fully saturated rings. The third kappa shape index (κ3) is 3.88. The molecule has 1 rings (SSSR count). The first-order valence-electron chi connectivity index (χ1n) is 5.44. The van der Waals surface area contributed by atoms with Crippen LogP contribution in [0.25, 0.3) is 0 Å². The normalized spacial score (nSPS) is 10.7. The summed E-state index contributed by atoms with van der Waals surface area (Å²) in [6, 6.07) is 4.19. The molecule has 3 nitrogen and oxygen atoms in total. The monoisotopic (exact) mass is 207 g/mol. The predicted molar refractivity (Wildman–Crippen MR) is 65.1 cm³/mol. The molecular weight excluding hydrogens is 186 g/mol. The summed E-state index contributed by atoms with van der Waals surface area (Å²) in [5.74, 6) is 0.677. The summed E-state index contributed by atoms with van der Waals surface area (Å²) in [5, 5.41) is 3.11. The van der Waals surface area contributed by atoms with Crippen LogP contribution in [0.2, 0.25) is 0 Å². The van der Waals surface area contributed by atoms with Crippen LogP contribution in [0.3, 0.4) is 0 Å². The van der Waals surface area contributed by atoms with E-state index < -0.39 is 0 Å². The molecular formula is C12H21N3. The first-order chi connectivity index (χ1) is 7.13. The number of aromatic nitrogens is 1. The minimum Gasteiger partial charge on any atom is -0.374 e. The van der Waals surface area contributed by atoms with Crippen LogP contribution in [0.5, 0.6) is 0 Å². The van der Waals surface area contributed by atoms with Crippen LogP contribution < -0.4 is 10.2 Å². The second-order valence-corrected chi connectivity index (χ2v) is 4.31. The summed E-state index contributed by atoms with van der Waals surface area (Å²) in [5.41, 5.74) is 2.33. The van der Waals surface area contributed by atoms with Crippen molar-refractivity contribution < 1.29 is 0 Å². The molecule has 0 saturated carbocycles. The lowest BCUT2D eigenvalue weighted by Crippen LogP contribution is -2.22. The van der Waals surface area contributed by atoms with E-state index in [1.807, 2.05) is 13.2 Å². The summed E-state index contributed by atoms with van der Waals surface area (Å²) < 4.78 is 0. The van der Waals surface area contributed by atoms with Crippen LogP contribution in [-0.2, 0) is 6.54 Å². The zero-order valence-electron chi connectivity index (χ0n) is 10.1. The van der Waals surface area contributed by atoms with Crippen molar-refractivity contribution in [1.82, 2.24) is 10.3 Å². The van der Waals surface area contributed by atoms with Crippen molar-refractivity contribution in [3.63, 3.8) is 0 Å². The van der Waals surface area contributed by atoms with Crippen LogP contribution in [-0.4, -0.2) is 25.6 Å². The molecule has 1 aromatic rings. The summed E-state index contributed by atoms with van der Waals surface area (Å²) in [4.78, 5) is 6.57. The standard InChI is InChI=1S/C12H21N3/c1-10(2)9-15(4)12-5-6-14-11(7-12)8-13-3/h5-7,10,13H,8-9H2,1-4H3. The SMILES string of the molecule is CNCc1cc(N(C)CC(C)C)ccn1. The summed E-state index contributed by atoms with van der Waals surface area (Å²) in [7, 11) is 4.06. The van der Waals surface area contributed by atoms with Gasteiger partial charge in [0.1, 0.15) is 0 Å². The zero-order chi connectivity index (χ0) is 11.3. The van der Waals surface area contributed by atoms with Gasteiger partial charge in [-0.15, -0.1) is 0 Å². The molecule has 1 N–H and O–H groups in total. The number of pyridine rings is 1. The van der Waals surface area contributed by atoms with E-state index in [2.05, 4.69) is 48.2 Å². The summed E-state index contributed by atoms with van der Waals surface area (Å²) >= 11 is 0. The maximum atomic E-state index is 4.30. The van der Waals surface area contributed by atoms with Crippen molar-refractivity contribution in [2.24, 2.45) is 5.92 Å². The number of hydrogen-bond acceptors (Lipinski definition) is 3. The van der Waals surface area contributed by atoms with E-state index in [-0.39, 0.29) is 0 Å². The summed E-state index contributed by atoms with van der Waals surface area (Å²) in [6.07, 6.45) is 1.87. The maximum absolute atomic E-state index is 4.30. The first-order valence-corrected chi connectivity index (χ1v) is 5.44. The molecule has 0 bridgehead atoms. The highest BCUT2D eigenvalue weighted by molar-refractivity contribution is 5.45. The Morgan fingerprint density at radius 3 is 2.80 bits per heavy atom. The van der Waals surface area contributed by atoms with E-state index in [0.717, 1.165) is 18.8 Å². The Labute approximate surface area is 92.5 Å². The quantitative estimate of drug-likeness (QED) is 0.799. The molecule has 0 aliphatic rings. The Balaban J connectivity index is 2.71. The highest BCUT2D eigenvalue weighted by atomic mass is 15.1. The van der Waals surface area contributed by atoms with Crippen molar-refractivity contribution in [2.45, 2.75) is 20.4 Å². The maximum Gasteiger partial charge on any atom is 0.0562 e. The molecule has 0 saturated heterocycles. The number of hydrogen-bond donors (Lipinski definition) is 1. The van der Waals surface area contributed by atoms with Crippen LogP contribution >= 0.6 is 0 Å². The van der Waals surface area contributed by atoms with Gasteiger partial charge in [0.25, 0.3) is 0 Å². The molecule has 1 heterocycles. The van der Waals surface area contributed by atoms with Gasteiger partial charge in [0.05, 0.1) is 5.69 Å². The second kappa shape index (κ2) is 5.71. The Kier molecular flexibility index (Phi) is 4.56. The second-order valence-electron chi connectivity index (χ2n) is 4.31. The molecule has 1 aromatic heterocycles. The van der Waals surface area contributed by atoms with Gasteiger partial charge in [-0.1, -0.05) is 13.8 Å². The fourth-order valence-electron chi connectivity index (χ4n) is 1.63. The smallest absolute Gasteiger partial charge is 0.0562 e. The predicted octanol–water partition coefficient (Wildman–Crippen LogP) is 1.89. The van der Waals surface area contributed by atoms with Crippen LogP contribution in [0.1, 0.15) is 19.5 Å². The fourth-order valence-corrected chi connectivity index (χ4v) is 1.63. The molecule has 0 atom stereocenters. The molecule has 15 heavy (non-hydrogen) atoms. The topological polar surface area (TPSA) is 28.2 Å². The minimum absolute atomic E-state index is 0.677. The minimum atomic E-state index is 0.677. The van der Waals surface area contributed by atoms with Gasteiger partial charge in [0, 0.05) is 32.0 Å². The van der Waals surface area contributed by atoms with E-state index in [9.17, 15) is 0 Å². The average molecular weight is 207 g/mol. The highest BCUT2D eigenvalue weighted by Gasteiger charge is 2.04. The molecule has 0 radical (unpaired) electrons. The molecule has 0 unspecified atom stereocenters. The van der Waals surface area contributed by atoms with Crippen LogP contribution in [0, 0.1) is 5.92 Å². The number of anilines is 1. The third-order valence-electron chi connectivity index (χ3n) is 2.24. The van der Waals surface area contributed by atoms with E-state index in [0.29, 0.717) is 5.92 Å². The van der Waals surface area contributed by atoms with Crippen molar-refractivity contribution in [3.05, 3.63) is 24.0 Å². The van der Waals surface area contributed by atoms with Crippen molar-refractivity contribution in [3.8, 4) is 0 Å². The molecule has 0 spiro atoms. The Morgan fingerprint density at radius 1 is 1.47 bits per heavy atom. The van der Waals surface area contributed by atoms with E-state index in [1.54, 1.807) is 0 Å². The molecule has 0 aliphatic carbocycles. The average Bonchev–Trinajstić information content (AvgIpc) is 2.17. The zero-order valence-corrected chi connectivity index (χ0v) is 10.1. The van der Waals surface area contributed by atoms with Gasteiger partial charge >= 0.3 is 0 Å². The number of rotatable bonds is 5. The third-order valence-corrected chi connectivity index (χ3v) is 2.24. The van der Waals surface area contributed by atoms with Crippen molar-refractivity contribution >= 4 is 5.69 Å². The highest BCUT2D eigenvalue weighted by Crippen LogP contribution is 2.14. The fraction of sp³-hybridized carbons (Fsp3) is 0.583. The molecule has 0 amide bonds. The van der Waals surface area contributed by atoms with Gasteiger partial charge in [0.2, 0.25) is 0 Å². The van der Waals surface area contributed by atoms with Gasteiger partial charge in [0.15, 0.2) is 0 Å². The Bertz CT molecular complexity index is 297. The van der Waals surface area contributed by atoms with Gasteiger partial charge in [-0.3, -0.25) is 4.98 Å². The largest absolute Gasteiger partial charge is 0.374 e. The van der Waals surface area contributed by atoms with Gasteiger partial charge in [-0.25, -0.2) is 0 Å². The Morgan fingerprint density at radius 2 is 2.20 bits per heavy atom. The van der Waals surface area contributed by atoms with Crippen molar-refractivity contribution in [2.75, 3.05) is 25.5 Å². The van der Waals surface area contributed by atoms with E-state index in [1.165, 1.54) is 5.69 Å². The van der Waals surface area contributed by atoms with E-state index in [4.69, 9.17) is 0 Å². The molecule has 0 aliphatic heterocycles. The lowest BCUT2D eigenvalue weighted by Gasteiger charge is -2.21. The lowest BCUT2D eigenvalue weighted by atomic mass is 10.2. The number of nitrogens with zero attached hydrogens (tertiary/aromatic N) is 2. The molecule has 3 heteroatoms. The summed E-state index contributed by atoms with van der Waals surface area (Å²) in [6.45, 7) is 6.35. The number of nitrogens with one attached hydrogen (secondary N) is 1. The first kappa shape index (κ1) is 12.0. The lowest BCUT2D eigenvalue weighted by molar-refractivity contribution is 0.638. The van der Waals surface area contributed by atoms with Gasteiger partial charge < -0.3 is 10.2 Å². The van der Waals surface area contributed by atoms with Gasteiger partial charge in [-0.05, 0) is 25.1 Å². The molecule has 84 valence electrons. The Hall–Kier alpha value is -1.09. The van der Waals surface area contributed by atoms with E-state index >= 15 is 0 Å². The van der Waals surface area contributed by atoms with Crippen LogP contribution in [0.15, 0.2) is 18.3 Å².